The third-order valence-corrected chi connectivity index (χ3v) is 4.21. The molecular weight excluding hydrogens is 251 g/mol. The van der Waals surface area contributed by atoms with Gasteiger partial charge in [0.05, 0.1) is 5.60 Å². The summed E-state index contributed by atoms with van der Waals surface area (Å²) in [6.45, 7) is 2.22. The first-order valence-electron chi connectivity index (χ1n) is 6.65. The zero-order chi connectivity index (χ0) is 13.2. The van der Waals surface area contributed by atoms with E-state index < -0.39 is 5.60 Å². The maximum atomic E-state index is 13.8. The highest BCUT2D eigenvalue weighted by Crippen LogP contribution is 2.33. The van der Waals surface area contributed by atoms with Crippen molar-refractivity contribution in [1.29, 1.82) is 0 Å². The molecule has 0 radical (unpaired) electrons. The van der Waals surface area contributed by atoms with Gasteiger partial charge in [0, 0.05) is 11.4 Å². The van der Waals surface area contributed by atoms with Gasteiger partial charge in [-0.25, -0.2) is 4.39 Å². The summed E-state index contributed by atoms with van der Waals surface area (Å²) in [4.78, 5) is 0. The van der Waals surface area contributed by atoms with Crippen LogP contribution in [0.25, 0.3) is 0 Å². The van der Waals surface area contributed by atoms with E-state index >= 15 is 0 Å². The molecule has 1 aromatic rings. The van der Waals surface area contributed by atoms with Crippen LogP contribution in [0, 0.1) is 11.7 Å². The quantitative estimate of drug-likeness (QED) is 0.792. The van der Waals surface area contributed by atoms with E-state index in [0.717, 1.165) is 32.1 Å². The minimum absolute atomic E-state index is 0.312. The van der Waals surface area contributed by atoms with Gasteiger partial charge in [0.1, 0.15) is 5.82 Å². The summed E-state index contributed by atoms with van der Waals surface area (Å²) < 4.78 is 13.8. The van der Waals surface area contributed by atoms with Gasteiger partial charge in [0.2, 0.25) is 0 Å². The average Bonchev–Trinajstić information content (AvgIpc) is 2.46. The van der Waals surface area contributed by atoms with Crippen molar-refractivity contribution < 1.29 is 9.50 Å². The van der Waals surface area contributed by atoms with E-state index in [4.69, 9.17) is 11.6 Å². The van der Waals surface area contributed by atoms with Gasteiger partial charge in [-0.05, 0) is 42.9 Å². The number of benzene rings is 1. The first-order valence-corrected chi connectivity index (χ1v) is 7.03. The standard InChI is InChI=1S/C15H20ClFO/c1-11-3-2-7-15(18,8-6-11)10-12-4-5-13(16)9-14(12)17/h4-5,9,11,18H,2-3,6-8,10H2,1H3. The summed E-state index contributed by atoms with van der Waals surface area (Å²) in [5.74, 6) is 0.349. The lowest BCUT2D eigenvalue weighted by Gasteiger charge is -2.27. The molecule has 1 aliphatic rings. The Morgan fingerprint density at radius 2 is 2.17 bits per heavy atom. The van der Waals surface area contributed by atoms with Gasteiger partial charge < -0.3 is 5.11 Å². The molecule has 2 atom stereocenters. The van der Waals surface area contributed by atoms with Crippen LogP contribution in [0.1, 0.15) is 44.6 Å². The third-order valence-electron chi connectivity index (χ3n) is 3.98. The second kappa shape index (κ2) is 5.58. The topological polar surface area (TPSA) is 20.2 Å². The zero-order valence-electron chi connectivity index (χ0n) is 10.8. The van der Waals surface area contributed by atoms with Gasteiger partial charge in [-0.1, -0.05) is 37.4 Å². The molecule has 1 N–H and O–H groups in total. The highest BCUT2D eigenvalue weighted by atomic mass is 35.5. The van der Waals surface area contributed by atoms with E-state index in [2.05, 4.69) is 6.92 Å². The van der Waals surface area contributed by atoms with Crippen molar-refractivity contribution in [3.8, 4) is 0 Å². The molecular formula is C15H20ClFO. The highest BCUT2D eigenvalue weighted by molar-refractivity contribution is 6.30. The van der Waals surface area contributed by atoms with E-state index in [1.807, 2.05) is 0 Å². The van der Waals surface area contributed by atoms with Gasteiger partial charge in [0.25, 0.3) is 0 Å². The Balaban J connectivity index is 2.11. The van der Waals surface area contributed by atoms with E-state index in [-0.39, 0.29) is 5.82 Å². The molecule has 2 unspecified atom stereocenters. The van der Waals surface area contributed by atoms with E-state index in [1.54, 1.807) is 12.1 Å². The Hall–Kier alpha value is -0.600. The molecule has 0 aliphatic heterocycles. The van der Waals surface area contributed by atoms with Crippen LogP contribution in [0.3, 0.4) is 0 Å². The van der Waals surface area contributed by atoms with Crippen LogP contribution in [0.15, 0.2) is 18.2 Å². The maximum absolute atomic E-state index is 13.8. The molecule has 1 fully saturated rings. The Kier molecular flexibility index (Phi) is 4.29. The Morgan fingerprint density at radius 3 is 2.89 bits per heavy atom. The summed E-state index contributed by atoms with van der Waals surface area (Å²) in [5.41, 5.74) is -0.184. The minimum atomic E-state index is -0.751. The Labute approximate surface area is 113 Å². The molecule has 1 aliphatic carbocycles. The molecule has 1 nitrogen and oxygen atoms in total. The molecule has 100 valence electrons. The molecule has 3 heteroatoms. The molecule has 0 heterocycles. The summed E-state index contributed by atoms with van der Waals surface area (Å²) in [6, 6.07) is 4.69. The number of halogens is 2. The molecule has 18 heavy (non-hydrogen) atoms. The first kappa shape index (κ1) is 13.8. The van der Waals surface area contributed by atoms with Crippen LogP contribution < -0.4 is 0 Å². The second-order valence-corrected chi connectivity index (χ2v) is 6.11. The number of hydrogen-bond donors (Lipinski definition) is 1. The predicted octanol–water partition coefficient (Wildman–Crippen LogP) is 4.35. The van der Waals surface area contributed by atoms with E-state index in [0.29, 0.717) is 22.9 Å². The SMILES string of the molecule is CC1CCCC(O)(Cc2ccc(Cl)cc2F)CC1. The van der Waals surface area contributed by atoms with Crippen LogP contribution in [-0.2, 0) is 6.42 Å². The summed E-state index contributed by atoms with van der Waals surface area (Å²) in [7, 11) is 0. The van der Waals surface area contributed by atoms with Crippen LogP contribution >= 0.6 is 11.6 Å². The van der Waals surface area contributed by atoms with Crippen LogP contribution in [0.5, 0.6) is 0 Å². The molecule has 2 rings (SSSR count). The van der Waals surface area contributed by atoms with Crippen LogP contribution in [-0.4, -0.2) is 10.7 Å². The largest absolute Gasteiger partial charge is 0.390 e. The van der Waals surface area contributed by atoms with Crippen LogP contribution in [0.4, 0.5) is 4.39 Å². The molecule has 1 saturated carbocycles. The lowest BCUT2D eigenvalue weighted by Crippen LogP contribution is -2.31. The average molecular weight is 271 g/mol. The lowest BCUT2D eigenvalue weighted by atomic mass is 9.87. The third kappa shape index (κ3) is 3.46. The lowest BCUT2D eigenvalue weighted by molar-refractivity contribution is 0.0236. The fourth-order valence-electron chi connectivity index (χ4n) is 2.76. The van der Waals surface area contributed by atoms with Crippen molar-refractivity contribution in [2.75, 3.05) is 0 Å². The van der Waals surface area contributed by atoms with Crippen molar-refractivity contribution in [1.82, 2.24) is 0 Å². The minimum Gasteiger partial charge on any atom is -0.390 e. The van der Waals surface area contributed by atoms with Crippen LogP contribution in [0.2, 0.25) is 5.02 Å². The van der Waals surface area contributed by atoms with Crippen molar-refractivity contribution >= 4 is 11.6 Å². The van der Waals surface area contributed by atoms with Gasteiger partial charge in [0.15, 0.2) is 0 Å². The predicted molar refractivity (Wildman–Crippen MR) is 72.3 cm³/mol. The van der Waals surface area contributed by atoms with E-state index in [9.17, 15) is 9.50 Å². The number of hydrogen-bond acceptors (Lipinski definition) is 1. The second-order valence-electron chi connectivity index (χ2n) is 5.67. The first-order chi connectivity index (χ1) is 8.48. The molecule has 0 aromatic heterocycles. The van der Waals surface area contributed by atoms with Gasteiger partial charge in [-0.15, -0.1) is 0 Å². The highest BCUT2D eigenvalue weighted by Gasteiger charge is 2.30. The number of aliphatic hydroxyl groups is 1. The molecule has 1 aromatic carbocycles. The number of rotatable bonds is 2. The molecule has 0 saturated heterocycles. The maximum Gasteiger partial charge on any atom is 0.127 e. The van der Waals surface area contributed by atoms with Crippen molar-refractivity contribution in [2.45, 2.75) is 51.0 Å². The van der Waals surface area contributed by atoms with Crippen molar-refractivity contribution in [3.63, 3.8) is 0 Å². The Bertz CT molecular complexity index is 421. The fraction of sp³-hybridized carbons (Fsp3) is 0.600. The zero-order valence-corrected chi connectivity index (χ0v) is 11.5. The van der Waals surface area contributed by atoms with Gasteiger partial charge >= 0.3 is 0 Å². The normalized spacial score (nSPS) is 29.0. The molecule has 0 spiro atoms. The van der Waals surface area contributed by atoms with Gasteiger partial charge in [-0.3, -0.25) is 0 Å². The summed E-state index contributed by atoms with van der Waals surface area (Å²) >= 11 is 5.74. The summed E-state index contributed by atoms with van der Waals surface area (Å²) in [5, 5.41) is 11.0. The monoisotopic (exact) mass is 270 g/mol. The van der Waals surface area contributed by atoms with Crippen molar-refractivity contribution in [2.24, 2.45) is 5.92 Å². The Morgan fingerprint density at radius 1 is 1.39 bits per heavy atom. The smallest absolute Gasteiger partial charge is 0.127 e. The fourth-order valence-corrected chi connectivity index (χ4v) is 2.92. The van der Waals surface area contributed by atoms with E-state index in [1.165, 1.54) is 6.07 Å². The summed E-state index contributed by atoms with van der Waals surface area (Å²) in [6.07, 6.45) is 5.11. The van der Waals surface area contributed by atoms with Crippen molar-refractivity contribution in [3.05, 3.63) is 34.6 Å². The molecule has 0 amide bonds. The molecule has 0 bridgehead atoms. The van der Waals surface area contributed by atoms with Gasteiger partial charge in [-0.2, -0.15) is 0 Å².